The minimum atomic E-state index is -0.587. The first-order valence-corrected chi connectivity index (χ1v) is 11.2. The van der Waals surface area contributed by atoms with E-state index in [2.05, 4.69) is 43.1 Å². The van der Waals surface area contributed by atoms with E-state index in [1.54, 1.807) is 23.2 Å². The summed E-state index contributed by atoms with van der Waals surface area (Å²) in [6.07, 6.45) is 10.0. The number of aromatic nitrogens is 4. The van der Waals surface area contributed by atoms with Crippen LogP contribution in [0, 0.1) is 5.41 Å². The molecule has 31 heavy (non-hydrogen) atoms. The van der Waals surface area contributed by atoms with Gasteiger partial charge in [-0.05, 0) is 46.5 Å². The number of hydrogen-bond acceptors (Lipinski definition) is 4. The molecule has 6 nitrogen and oxygen atoms in total. The van der Waals surface area contributed by atoms with Gasteiger partial charge >= 0.3 is 0 Å². The Morgan fingerprint density at radius 3 is 2.74 bits per heavy atom. The lowest BCUT2D eigenvalue weighted by atomic mass is 9.62. The van der Waals surface area contributed by atoms with Crippen molar-refractivity contribution in [3.8, 4) is 0 Å². The molecule has 1 saturated carbocycles. The number of likely N-dealkylation sites (tertiary alicyclic amines) is 1. The van der Waals surface area contributed by atoms with E-state index in [1.165, 1.54) is 5.56 Å². The van der Waals surface area contributed by atoms with Crippen LogP contribution < -0.4 is 5.56 Å². The fraction of sp³-hybridized carbons (Fsp3) is 0.348. The van der Waals surface area contributed by atoms with E-state index in [9.17, 15) is 9.18 Å². The minimum Gasteiger partial charge on any atom is -0.309 e. The lowest BCUT2D eigenvalue weighted by Gasteiger charge is -2.57. The first kappa shape index (κ1) is 19.1. The third-order valence-electron chi connectivity index (χ3n) is 6.58. The molecule has 158 valence electrons. The highest BCUT2D eigenvalue weighted by Crippen LogP contribution is 2.49. The Balaban J connectivity index is 1.21. The van der Waals surface area contributed by atoms with E-state index in [1.807, 2.05) is 22.7 Å². The molecule has 0 N–H and O–H groups in total. The van der Waals surface area contributed by atoms with Gasteiger partial charge in [-0.3, -0.25) is 14.7 Å². The smallest absolute Gasteiger partial charge is 0.260 e. The Kier molecular flexibility index (Phi) is 4.30. The zero-order chi connectivity index (χ0) is 21.2. The second-order valence-corrected chi connectivity index (χ2v) is 9.87. The van der Waals surface area contributed by atoms with E-state index in [4.69, 9.17) is 0 Å². The topological polar surface area (TPSA) is 55.4 Å². The average Bonchev–Trinajstić information content (AvgIpc) is 3.09. The molecule has 1 aliphatic heterocycles. The lowest BCUT2D eigenvalue weighted by Crippen LogP contribution is -2.62. The summed E-state index contributed by atoms with van der Waals surface area (Å²) in [5, 5.41) is 1.44. The van der Waals surface area contributed by atoms with Crippen molar-refractivity contribution in [2.24, 2.45) is 5.41 Å². The lowest BCUT2D eigenvalue weighted by molar-refractivity contribution is -0.106. The Morgan fingerprint density at radius 2 is 1.94 bits per heavy atom. The molecule has 5 heterocycles. The summed E-state index contributed by atoms with van der Waals surface area (Å²) in [4.78, 5) is 24.0. The molecule has 1 aliphatic carbocycles. The van der Waals surface area contributed by atoms with Gasteiger partial charge in [-0.25, -0.2) is 9.37 Å². The average molecular weight is 482 g/mol. The number of fused-ring (bicyclic) bond motifs is 2. The fourth-order valence-electron chi connectivity index (χ4n) is 5.14. The van der Waals surface area contributed by atoms with Crippen molar-refractivity contribution < 1.29 is 4.39 Å². The summed E-state index contributed by atoms with van der Waals surface area (Å²) in [6.45, 7) is 3.26. The van der Waals surface area contributed by atoms with Gasteiger partial charge in [-0.1, -0.05) is 6.07 Å². The van der Waals surface area contributed by atoms with Gasteiger partial charge < -0.3 is 8.97 Å². The molecule has 2 fully saturated rings. The van der Waals surface area contributed by atoms with Crippen LogP contribution in [0.2, 0.25) is 0 Å². The summed E-state index contributed by atoms with van der Waals surface area (Å²) in [5.41, 5.74) is 3.07. The van der Waals surface area contributed by atoms with Gasteiger partial charge in [0.1, 0.15) is 11.8 Å². The molecular formula is C23H21BrFN5O. The van der Waals surface area contributed by atoms with Crippen molar-refractivity contribution in [2.75, 3.05) is 13.1 Å². The fourth-order valence-corrected chi connectivity index (χ4v) is 5.61. The second-order valence-electron chi connectivity index (χ2n) is 9.02. The molecule has 0 unspecified atom stereocenters. The van der Waals surface area contributed by atoms with Crippen LogP contribution in [0.25, 0.3) is 16.4 Å². The van der Waals surface area contributed by atoms with Crippen LogP contribution >= 0.6 is 15.9 Å². The van der Waals surface area contributed by atoms with E-state index >= 15 is 0 Å². The predicted molar refractivity (Wildman–Crippen MR) is 120 cm³/mol. The van der Waals surface area contributed by atoms with Crippen molar-refractivity contribution in [3.63, 3.8) is 0 Å². The Bertz CT molecular complexity index is 1370. The molecule has 2 aliphatic rings. The number of pyridine rings is 3. The molecule has 4 aromatic rings. The van der Waals surface area contributed by atoms with Crippen molar-refractivity contribution in [1.29, 1.82) is 0 Å². The molecule has 1 spiro atoms. The highest BCUT2D eigenvalue weighted by atomic mass is 79.9. The maximum Gasteiger partial charge on any atom is 0.260 e. The Labute approximate surface area is 186 Å². The molecule has 8 heteroatoms. The van der Waals surface area contributed by atoms with Crippen molar-refractivity contribution in [2.45, 2.75) is 32.1 Å². The minimum absolute atomic E-state index is 0.0812. The standard InChI is InChI=1S/C23H21BrFN5O/c24-20-8-26-7-19-18(20)3-4-29(22(19)31)11-17-12-30-10-15(1-2-21(30)27-17)9-28-13-23(14-28)5-16(25)6-23/h1-4,7-8,10,12,16H,5-6,9,11,13-14H2. The van der Waals surface area contributed by atoms with Crippen molar-refractivity contribution in [1.82, 2.24) is 23.8 Å². The first-order chi connectivity index (χ1) is 15.0. The van der Waals surface area contributed by atoms with Crippen LogP contribution in [0.4, 0.5) is 4.39 Å². The van der Waals surface area contributed by atoms with Crippen LogP contribution in [0.1, 0.15) is 24.1 Å². The largest absolute Gasteiger partial charge is 0.309 e. The third-order valence-corrected chi connectivity index (χ3v) is 7.21. The molecule has 0 amide bonds. The third kappa shape index (κ3) is 3.29. The van der Waals surface area contributed by atoms with Crippen LogP contribution in [0.5, 0.6) is 0 Å². The molecule has 0 aromatic carbocycles. The molecular weight excluding hydrogens is 461 g/mol. The second kappa shape index (κ2) is 6.97. The quantitative estimate of drug-likeness (QED) is 0.444. The number of halogens is 2. The van der Waals surface area contributed by atoms with E-state index in [0.717, 1.165) is 53.7 Å². The van der Waals surface area contributed by atoms with Crippen LogP contribution in [0.3, 0.4) is 0 Å². The van der Waals surface area contributed by atoms with Gasteiger partial charge in [0, 0.05) is 65.9 Å². The molecule has 4 aromatic heterocycles. The molecule has 1 saturated heterocycles. The summed E-state index contributed by atoms with van der Waals surface area (Å²) in [7, 11) is 0. The SMILES string of the molecule is O=c1c2cncc(Br)c2ccn1Cc1cn2cc(CN3CC4(CC(F)C4)C3)ccc2n1. The molecule has 6 rings (SSSR count). The highest BCUT2D eigenvalue weighted by molar-refractivity contribution is 9.10. The number of alkyl halides is 1. The Morgan fingerprint density at radius 1 is 1.10 bits per heavy atom. The van der Waals surface area contributed by atoms with Crippen LogP contribution in [-0.4, -0.2) is 43.1 Å². The van der Waals surface area contributed by atoms with Gasteiger partial charge in [0.2, 0.25) is 0 Å². The van der Waals surface area contributed by atoms with Crippen LogP contribution in [0.15, 0.2) is 58.5 Å². The van der Waals surface area contributed by atoms with Gasteiger partial charge in [-0.15, -0.1) is 0 Å². The number of nitrogens with zero attached hydrogens (tertiary/aromatic N) is 5. The zero-order valence-electron chi connectivity index (χ0n) is 16.8. The van der Waals surface area contributed by atoms with Gasteiger partial charge in [-0.2, -0.15) is 0 Å². The molecule has 0 bridgehead atoms. The molecule has 0 atom stereocenters. The van der Waals surface area contributed by atoms with Crippen molar-refractivity contribution in [3.05, 3.63) is 75.3 Å². The number of rotatable bonds is 4. The maximum atomic E-state index is 13.2. The van der Waals surface area contributed by atoms with Gasteiger partial charge in [0.15, 0.2) is 0 Å². The Hall–Kier alpha value is -2.58. The summed E-state index contributed by atoms with van der Waals surface area (Å²) in [6, 6.07) is 6.03. The summed E-state index contributed by atoms with van der Waals surface area (Å²) >= 11 is 3.45. The van der Waals surface area contributed by atoms with Gasteiger partial charge in [0.05, 0.1) is 17.6 Å². The normalized spacial score (nSPS) is 18.5. The maximum absolute atomic E-state index is 13.2. The molecule has 0 radical (unpaired) electrons. The number of hydrogen-bond donors (Lipinski definition) is 0. The van der Waals surface area contributed by atoms with E-state index < -0.39 is 6.17 Å². The summed E-state index contributed by atoms with van der Waals surface area (Å²) < 4.78 is 17.7. The van der Waals surface area contributed by atoms with Crippen LogP contribution in [-0.2, 0) is 13.1 Å². The predicted octanol–water partition coefficient (Wildman–Crippen LogP) is 3.79. The first-order valence-electron chi connectivity index (χ1n) is 10.4. The van der Waals surface area contributed by atoms with Gasteiger partial charge in [0.25, 0.3) is 5.56 Å². The van der Waals surface area contributed by atoms with Crippen molar-refractivity contribution >= 4 is 32.3 Å². The van der Waals surface area contributed by atoms with E-state index in [0.29, 0.717) is 11.9 Å². The zero-order valence-corrected chi connectivity index (χ0v) is 18.4. The number of imidazole rings is 1. The summed E-state index contributed by atoms with van der Waals surface area (Å²) in [5.74, 6) is 0. The monoisotopic (exact) mass is 481 g/mol. The van der Waals surface area contributed by atoms with E-state index in [-0.39, 0.29) is 11.0 Å². The highest BCUT2D eigenvalue weighted by Gasteiger charge is 2.52.